The molecule has 94 valence electrons. The van der Waals surface area contributed by atoms with Crippen molar-refractivity contribution in [2.24, 2.45) is 0 Å². The number of carbonyl (C=O) groups excluding carboxylic acids is 1. The van der Waals surface area contributed by atoms with Crippen LogP contribution in [0.3, 0.4) is 0 Å². The smallest absolute Gasteiger partial charge is 0.220 e. The maximum absolute atomic E-state index is 11.1. The Kier molecular flexibility index (Phi) is 6.46. The van der Waals surface area contributed by atoms with Gasteiger partial charge >= 0.3 is 0 Å². The highest BCUT2D eigenvalue weighted by Gasteiger charge is 2.20. The molecule has 3 heteroatoms. The lowest BCUT2D eigenvalue weighted by Crippen LogP contribution is -2.40. The van der Waals surface area contributed by atoms with Gasteiger partial charge in [0, 0.05) is 25.0 Å². The van der Waals surface area contributed by atoms with Gasteiger partial charge < -0.3 is 10.6 Å². The largest absolute Gasteiger partial charge is 0.352 e. The van der Waals surface area contributed by atoms with E-state index in [1.54, 1.807) is 0 Å². The van der Waals surface area contributed by atoms with E-state index in [2.05, 4.69) is 24.5 Å². The molecule has 1 aliphatic rings. The summed E-state index contributed by atoms with van der Waals surface area (Å²) in [7, 11) is 0. The Hall–Kier alpha value is -0.570. The van der Waals surface area contributed by atoms with Crippen molar-refractivity contribution in [1.29, 1.82) is 0 Å². The summed E-state index contributed by atoms with van der Waals surface area (Å²) in [4.78, 5) is 11.1. The fourth-order valence-electron chi connectivity index (χ4n) is 2.29. The first-order chi connectivity index (χ1) is 7.76. The normalized spacial score (nSPS) is 22.1. The molecule has 0 spiro atoms. The van der Waals surface area contributed by atoms with Gasteiger partial charge in [0.05, 0.1) is 0 Å². The Morgan fingerprint density at radius 2 is 2.19 bits per heavy atom. The standard InChI is InChI=1S/C13H26N2O/c1-3-5-7-11(6-4-2)14-10-12-8-9-13(16)15-12/h11-12,14H,3-10H2,1-2H3,(H,15,16). The second-order valence-electron chi connectivity index (χ2n) is 4.84. The van der Waals surface area contributed by atoms with Crippen molar-refractivity contribution < 1.29 is 4.79 Å². The summed E-state index contributed by atoms with van der Waals surface area (Å²) in [5.74, 6) is 0.215. The Morgan fingerprint density at radius 3 is 2.75 bits per heavy atom. The van der Waals surface area contributed by atoms with Gasteiger partial charge in [-0.15, -0.1) is 0 Å². The third-order valence-corrected chi connectivity index (χ3v) is 3.28. The predicted molar refractivity (Wildman–Crippen MR) is 67.4 cm³/mol. The Morgan fingerprint density at radius 1 is 1.38 bits per heavy atom. The molecule has 16 heavy (non-hydrogen) atoms. The number of rotatable bonds is 8. The van der Waals surface area contributed by atoms with Gasteiger partial charge in [-0.2, -0.15) is 0 Å². The van der Waals surface area contributed by atoms with Crippen molar-refractivity contribution in [3.63, 3.8) is 0 Å². The van der Waals surface area contributed by atoms with Crippen LogP contribution < -0.4 is 10.6 Å². The molecule has 2 unspecified atom stereocenters. The molecular weight excluding hydrogens is 200 g/mol. The van der Waals surface area contributed by atoms with Gasteiger partial charge in [-0.3, -0.25) is 4.79 Å². The van der Waals surface area contributed by atoms with Crippen molar-refractivity contribution >= 4 is 5.91 Å². The van der Waals surface area contributed by atoms with Crippen LogP contribution in [0.1, 0.15) is 58.8 Å². The van der Waals surface area contributed by atoms with E-state index < -0.39 is 0 Å². The molecule has 3 nitrogen and oxygen atoms in total. The lowest BCUT2D eigenvalue weighted by atomic mass is 10.0. The molecule has 1 rings (SSSR count). The first-order valence-electron chi connectivity index (χ1n) is 6.79. The number of hydrogen-bond donors (Lipinski definition) is 2. The van der Waals surface area contributed by atoms with Crippen LogP contribution in [-0.2, 0) is 4.79 Å². The zero-order valence-corrected chi connectivity index (χ0v) is 10.7. The summed E-state index contributed by atoms with van der Waals surface area (Å²) in [5.41, 5.74) is 0. The molecular formula is C13H26N2O. The van der Waals surface area contributed by atoms with Crippen LogP contribution in [0.2, 0.25) is 0 Å². The van der Waals surface area contributed by atoms with Gasteiger partial charge in [-0.1, -0.05) is 33.1 Å². The summed E-state index contributed by atoms with van der Waals surface area (Å²) in [6, 6.07) is 1.01. The van der Waals surface area contributed by atoms with Gasteiger partial charge in [-0.25, -0.2) is 0 Å². The first kappa shape index (κ1) is 13.5. The maximum atomic E-state index is 11.1. The van der Waals surface area contributed by atoms with E-state index in [1.165, 1.54) is 32.1 Å². The number of unbranched alkanes of at least 4 members (excludes halogenated alkanes) is 1. The molecule has 2 atom stereocenters. The molecule has 0 aromatic rings. The molecule has 0 aromatic heterocycles. The molecule has 0 aliphatic carbocycles. The third-order valence-electron chi connectivity index (χ3n) is 3.28. The topological polar surface area (TPSA) is 41.1 Å². The quantitative estimate of drug-likeness (QED) is 0.666. The summed E-state index contributed by atoms with van der Waals surface area (Å²) < 4.78 is 0. The van der Waals surface area contributed by atoms with Crippen LogP contribution in [0.25, 0.3) is 0 Å². The van der Waals surface area contributed by atoms with Crippen molar-refractivity contribution in [3.05, 3.63) is 0 Å². The molecule has 1 saturated heterocycles. The summed E-state index contributed by atoms with van der Waals surface area (Å²) in [5, 5.41) is 6.61. The molecule has 1 amide bonds. The number of amides is 1. The van der Waals surface area contributed by atoms with Gasteiger partial charge in [0.2, 0.25) is 5.91 Å². The van der Waals surface area contributed by atoms with Crippen LogP contribution in [0.15, 0.2) is 0 Å². The Balaban J connectivity index is 2.17. The number of nitrogens with one attached hydrogen (secondary N) is 2. The van der Waals surface area contributed by atoms with Crippen molar-refractivity contribution in [2.45, 2.75) is 70.9 Å². The zero-order chi connectivity index (χ0) is 11.8. The number of carbonyl (C=O) groups is 1. The van der Waals surface area contributed by atoms with Gasteiger partial charge in [0.25, 0.3) is 0 Å². The average molecular weight is 226 g/mol. The van der Waals surface area contributed by atoms with Crippen LogP contribution in [-0.4, -0.2) is 24.5 Å². The van der Waals surface area contributed by atoms with Crippen LogP contribution in [0.4, 0.5) is 0 Å². The van der Waals surface area contributed by atoms with Crippen LogP contribution >= 0.6 is 0 Å². The van der Waals surface area contributed by atoms with E-state index in [0.717, 1.165) is 13.0 Å². The fraction of sp³-hybridized carbons (Fsp3) is 0.923. The minimum atomic E-state index is 0.215. The summed E-state index contributed by atoms with van der Waals surface area (Å²) in [6.07, 6.45) is 8.03. The molecule has 1 heterocycles. The molecule has 0 bridgehead atoms. The molecule has 2 N–H and O–H groups in total. The van der Waals surface area contributed by atoms with E-state index in [4.69, 9.17) is 0 Å². The highest BCUT2D eigenvalue weighted by Crippen LogP contribution is 2.09. The van der Waals surface area contributed by atoms with Gasteiger partial charge in [0.15, 0.2) is 0 Å². The third kappa shape index (κ3) is 4.97. The predicted octanol–water partition coefficient (Wildman–Crippen LogP) is 2.21. The summed E-state index contributed by atoms with van der Waals surface area (Å²) in [6.45, 7) is 5.41. The van der Waals surface area contributed by atoms with Gasteiger partial charge in [0.1, 0.15) is 0 Å². The average Bonchev–Trinajstić information content (AvgIpc) is 2.68. The minimum absolute atomic E-state index is 0.215. The molecule has 0 saturated carbocycles. The fourth-order valence-corrected chi connectivity index (χ4v) is 2.29. The monoisotopic (exact) mass is 226 g/mol. The van der Waals surface area contributed by atoms with E-state index in [0.29, 0.717) is 18.5 Å². The van der Waals surface area contributed by atoms with E-state index in [-0.39, 0.29) is 5.91 Å². The second kappa shape index (κ2) is 7.66. The molecule has 1 fully saturated rings. The molecule has 0 aromatic carbocycles. The SMILES string of the molecule is CCCCC(CCC)NCC1CCC(=O)N1. The second-order valence-corrected chi connectivity index (χ2v) is 4.84. The van der Waals surface area contributed by atoms with Crippen molar-refractivity contribution in [1.82, 2.24) is 10.6 Å². The van der Waals surface area contributed by atoms with Crippen LogP contribution in [0, 0.1) is 0 Å². The van der Waals surface area contributed by atoms with Gasteiger partial charge in [-0.05, 0) is 19.3 Å². The highest BCUT2D eigenvalue weighted by molar-refractivity contribution is 5.78. The lowest BCUT2D eigenvalue weighted by Gasteiger charge is -2.20. The molecule has 0 radical (unpaired) electrons. The van der Waals surface area contributed by atoms with E-state index in [9.17, 15) is 4.79 Å². The van der Waals surface area contributed by atoms with Crippen molar-refractivity contribution in [2.75, 3.05) is 6.54 Å². The van der Waals surface area contributed by atoms with E-state index >= 15 is 0 Å². The maximum Gasteiger partial charge on any atom is 0.220 e. The zero-order valence-electron chi connectivity index (χ0n) is 10.7. The Bertz CT molecular complexity index is 206. The van der Waals surface area contributed by atoms with E-state index in [1.807, 2.05) is 0 Å². The van der Waals surface area contributed by atoms with Crippen molar-refractivity contribution in [3.8, 4) is 0 Å². The van der Waals surface area contributed by atoms with Crippen LogP contribution in [0.5, 0.6) is 0 Å². The first-order valence-corrected chi connectivity index (χ1v) is 6.79. The Labute approximate surface area is 99.4 Å². The number of hydrogen-bond acceptors (Lipinski definition) is 2. The minimum Gasteiger partial charge on any atom is -0.352 e. The highest BCUT2D eigenvalue weighted by atomic mass is 16.1. The lowest BCUT2D eigenvalue weighted by molar-refractivity contribution is -0.119. The molecule has 1 aliphatic heterocycles. The summed E-state index contributed by atoms with van der Waals surface area (Å²) >= 11 is 0.